The van der Waals surface area contributed by atoms with Crippen molar-refractivity contribution in [3.05, 3.63) is 66.2 Å². The Morgan fingerprint density at radius 2 is 1.80 bits per heavy atom. The molecule has 6 nitrogen and oxygen atoms in total. The van der Waals surface area contributed by atoms with Crippen molar-refractivity contribution in [3.63, 3.8) is 0 Å². The number of carbonyl (C=O) groups excluding carboxylic acids is 1. The van der Waals surface area contributed by atoms with Crippen molar-refractivity contribution in [3.8, 4) is 0 Å². The molecule has 0 bridgehead atoms. The lowest BCUT2D eigenvalue weighted by atomic mass is 9.85. The van der Waals surface area contributed by atoms with Crippen LogP contribution in [0, 0.1) is 19.8 Å². The van der Waals surface area contributed by atoms with Gasteiger partial charge >= 0.3 is 0 Å². The Morgan fingerprint density at radius 3 is 2.40 bits per heavy atom. The summed E-state index contributed by atoms with van der Waals surface area (Å²) < 4.78 is 0. The molecule has 2 aromatic rings. The molecule has 0 spiro atoms. The first kappa shape index (κ1) is 26.8. The molecule has 5 N–H and O–H groups in total. The van der Waals surface area contributed by atoms with Crippen LogP contribution < -0.4 is 26.6 Å². The van der Waals surface area contributed by atoms with Crippen LogP contribution in [0.3, 0.4) is 0 Å². The van der Waals surface area contributed by atoms with Crippen LogP contribution >= 0.6 is 0 Å². The zero-order chi connectivity index (χ0) is 25.6. The van der Waals surface area contributed by atoms with Gasteiger partial charge < -0.3 is 26.6 Å². The number of amides is 1. The molecule has 0 atom stereocenters. The topological polar surface area (TPSA) is 82.4 Å². The van der Waals surface area contributed by atoms with Gasteiger partial charge in [0.15, 0.2) is 0 Å². The van der Waals surface area contributed by atoms with Gasteiger partial charge in [0.1, 0.15) is 0 Å². The van der Waals surface area contributed by atoms with E-state index in [0.717, 1.165) is 56.6 Å². The molecule has 1 aliphatic heterocycles. The summed E-state index contributed by atoms with van der Waals surface area (Å²) in [6.45, 7) is 14.9. The quantitative estimate of drug-likeness (QED) is 0.423. The van der Waals surface area contributed by atoms with Gasteiger partial charge in [-0.2, -0.15) is 0 Å². The van der Waals surface area contributed by atoms with Crippen LogP contribution in [0.4, 0.5) is 17.1 Å². The van der Waals surface area contributed by atoms with Gasteiger partial charge in [-0.15, -0.1) is 13.2 Å². The second-order valence-corrected chi connectivity index (χ2v) is 10.3. The average Bonchev–Trinajstić information content (AvgIpc) is 2.82. The summed E-state index contributed by atoms with van der Waals surface area (Å²) in [5.41, 5.74) is 13.3. The second-order valence-electron chi connectivity index (χ2n) is 10.3. The highest BCUT2D eigenvalue weighted by molar-refractivity contribution is 5.92. The summed E-state index contributed by atoms with van der Waals surface area (Å²) in [5.74, 6) is 0.222. The molecule has 0 aromatic heterocycles. The number of anilines is 3. The number of rotatable bonds is 7. The van der Waals surface area contributed by atoms with Crippen molar-refractivity contribution in [2.45, 2.75) is 64.6 Å². The van der Waals surface area contributed by atoms with E-state index >= 15 is 0 Å². The standard InChI is InChI=1S/C27H39N5O.C2H4/c1-18-6-5-7-22(14-18)31-26(33)20-9-11-21(12-10-20)30-25-23(15-29-4)19(2)8-13-24(25)32-16-27(3,28)17-32;1-2/h5-8,13-14,20-21,29-30H,9-12,15-17,28H2,1-4H3,(H,31,33);1-2H2. The van der Waals surface area contributed by atoms with E-state index in [2.05, 4.69) is 60.0 Å². The van der Waals surface area contributed by atoms with Gasteiger partial charge in [-0.05, 0) is 88.4 Å². The summed E-state index contributed by atoms with van der Waals surface area (Å²) in [6, 6.07) is 12.8. The summed E-state index contributed by atoms with van der Waals surface area (Å²) >= 11 is 0. The monoisotopic (exact) mass is 477 g/mol. The van der Waals surface area contributed by atoms with Gasteiger partial charge in [0.05, 0.1) is 11.4 Å². The maximum Gasteiger partial charge on any atom is 0.227 e. The van der Waals surface area contributed by atoms with E-state index in [1.54, 1.807) is 0 Å². The largest absolute Gasteiger partial charge is 0.380 e. The molecule has 1 amide bonds. The molecular weight excluding hydrogens is 434 g/mol. The van der Waals surface area contributed by atoms with Gasteiger partial charge in [-0.3, -0.25) is 4.79 Å². The van der Waals surface area contributed by atoms with Crippen molar-refractivity contribution < 1.29 is 4.79 Å². The molecule has 2 aromatic carbocycles. The van der Waals surface area contributed by atoms with Gasteiger partial charge in [0.25, 0.3) is 0 Å². The Hall–Kier alpha value is -2.83. The Bertz CT molecular complexity index is 1000. The van der Waals surface area contributed by atoms with Crippen LogP contribution in [0.2, 0.25) is 0 Å². The van der Waals surface area contributed by atoms with Crippen molar-refractivity contribution >= 4 is 23.0 Å². The van der Waals surface area contributed by atoms with Crippen LogP contribution in [0.15, 0.2) is 49.6 Å². The van der Waals surface area contributed by atoms with E-state index in [-0.39, 0.29) is 17.4 Å². The van der Waals surface area contributed by atoms with Gasteiger partial charge in [0.2, 0.25) is 5.91 Å². The van der Waals surface area contributed by atoms with Crippen molar-refractivity contribution in [1.82, 2.24) is 5.32 Å². The maximum absolute atomic E-state index is 12.8. The molecule has 1 saturated carbocycles. The van der Waals surface area contributed by atoms with Gasteiger partial charge in [-0.25, -0.2) is 0 Å². The van der Waals surface area contributed by atoms with Crippen LogP contribution in [0.1, 0.15) is 49.3 Å². The van der Waals surface area contributed by atoms with E-state index in [1.807, 2.05) is 38.2 Å². The van der Waals surface area contributed by atoms with Crippen LogP contribution in [0.5, 0.6) is 0 Å². The first-order valence-corrected chi connectivity index (χ1v) is 12.7. The lowest BCUT2D eigenvalue weighted by Gasteiger charge is -2.48. The number of hydrogen-bond donors (Lipinski definition) is 4. The molecular formula is C29H43N5O. The van der Waals surface area contributed by atoms with Gasteiger partial charge in [-0.1, -0.05) is 18.2 Å². The first-order valence-electron chi connectivity index (χ1n) is 12.7. The highest BCUT2D eigenvalue weighted by atomic mass is 16.1. The second kappa shape index (κ2) is 11.7. The van der Waals surface area contributed by atoms with Crippen molar-refractivity contribution in [2.24, 2.45) is 11.7 Å². The third-order valence-electron chi connectivity index (χ3n) is 7.06. The molecule has 1 saturated heterocycles. The molecule has 190 valence electrons. The number of nitrogens with zero attached hydrogens (tertiary/aromatic N) is 1. The number of hydrogen-bond acceptors (Lipinski definition) is 5. The van der Waals surface area contributed by atoms with E-state index in [1.165, 1.54) is 22.5 Å². The molecule has 0 radical (unpaired) electrons. The SMILES string of the molecule is C=C.CNCc1c(C)ccc(N2CC(C)(N)C2)c1NC1CCC(C(=O)Nc2cccc(C)c2)CC1. The Morgan fingerprint density at radius 1 is 1.11 bits per heavy atom. The molecule has 2 aliphatic rings. The predicted octanol–water partition coefficient (Wildman–Crippen LogP) is 4.97. The Labute approximate surface area is 211 Å². The Balaban J connectivity index is 0.00000167. The fraction of sp³-hybridized carbons (Fsp3) is 0.483. The summed E-state index contributed by atoms with van der Waals surface area (Å²) in [7, 11) is 1.99. The number of aryl methyl sites for hydroxylation is 2. The lowest BCUT2D eigenvalue weighted by molar-refractivity contribution is -0.120. The van der Waals surface area contributed by atoms with Crippen molar-refractivity contribution in [1.29, 1.82) is 0 Å². The van der Waals surface area contributed by atoms with E-state index in [4.69, 9.17) is 5.73 Å². The van der Waals surface area contributed by atoms with E-state index in [9.17, 15) is 4.79 Å². The number of nitrogens with one attached hydrogen (secondary N) is 3. The van der Waals surface area contributed by atoms with Crippen LogP contribution in [-0.2, 0) is 11.3 Å². The molecule has 6 heteroatoms. The molecule has 2 fully saturated rings. The minimum Gasteiger partial charge on any atom is -0.380 e. The summed E-state index contributed by atoms with van der Waals surface area (Å²) in [6.07, 6.45) is 3.80. The number of nitrogens with two attached hydrogens (primary N) is 1. The minimum atomic E-state index is -0.117. The fourth-order valence-electron chi connectivity index (χ4n) is 5.24. The molecule has 1 heterocycles. The van der Waals surface area contributed by atoms with Crippen LogP contribution in [0.25, 0.3) is 0 Å². The highest BCUT2D eigenvalue weighted by Crippen LogP contribution is 2.38. The van der Waals surface area contributed by atoms with E-state index < -0.39 is 0 Å². The summed E-state index contributed by atoms with van der Waals surface area (Å²) in [4.78, 5) is 15.2. The summed E-state index contributed by atoms with van der Waals surface area (Å²) in [5, 5.41) is 10.3. The van der Waals surface area contributed by atoms with E-state index in [0.29, 0.717) is 6.04 Å². The van der Waals surface area contributed by atoms with Crippen LogP contribution in [-0.4, -0.2) is 37.6 Å². The predicted molar refractivity (Wildman–Crippen MR) is 149 cm³/mol. The Kier molecular flexibility index (Phi) is 8.98. The van der Waals surface area contributed by atoms with Gasteiger partial charge in [0, 0.05) is 42.8 Å². The zero-order valence-electron chi connectivity index (χ0n) is 21.9. The zero-order valence-corrected chi connectivity index (χ0v) is 21.9. The first-order chi connectivity index (χ1) is 16.8. The highest BCUT2D eigenvalue weighted by Gasteiger charge is 2.37. The maximum atomic E-state index is 12.8. The van der Waals surface area contributed by atoms with Crippen molar-refractivity contribution in [2.75, 3.05) is 35.7 Å². The molecule has 1 aliphatic carbocycles. The third-order valence-corrected chi connectivity index (χ3v) is 7.06. The number of benzene rings is 2. The fourth-order valence-corrected chi connectivity index (χ4v) is 5.24. The number of carbonyl (C=O) groups is 1. The normalized spacial score (nSPS) is 20.8. The molecule has 4 rings (SSSR count). The molecule has 0 unspecified atom stereocenters. The average molecular weight is 478 g/mol. The molecule has 35 heavy (non-hydrogen) atoms. The lowest BCUT2D eigenvalue weighted by Crippen LogP contribution is -2.65. The third kappa shape index (κ3) is 6.65. The smallest absolute Gasteiger partial charge is 0.227 e. The minimum absolute atomic E-state index is 0.0747.